The highest BCUT2D eigenvalue weighted by Gasteiger charge is 2.48. The summed E-state index contributed by atoms with van der Waals surface area (Å²) in [7, 11) is 0. The van der Waals surface area contributed by atoms with Crippen molar-refractivity contribution in [2.24, 2.45) is 11.8 Å². The van der Waals surface area contributed by atoms with Gasteiger partial charge in [0.1, 0.15) is 5.15 Å². The number of rotatable bonds is 19. The summed E-state index contributed by atoms with van der Waals surface area (Å²) >= 11 is 5.93. The lowest BCUT2D eigenvalue weighted by molar-refractivity contribution is -0.137. The molecule has 2 aromatic heterocycles. The number of anilines is 3. The summed E-state index contributed by atoms with van der Waals surface area (Å²) in [6.45, 7) is 1.58. The van der Waals surface area contributed by atoms with E-state index in [1.807, 2.05) is 12.1 Å². The third-order valence-corrected chi connectivity index (χ3v) is 10.8. The summed E-state index contributed by atoms with van der Waals surface area (Å²) in [5.41, 5.74) is 5.91. The molecule has 2 fully saturated rings. The normalized spacial score (nSPS) is 17.7. The minimum atomic E-state index is -1.05. The van der Waals surface area contributed by atoms with Gasteiger partial charge >= 0.3 is 6.03 Å². The van der Waals surface area contributed by atoms with Crippen LogP contribution in [0.3, 0.4) is 0 Å². The standard InChI is InChI=1S/C42H50ClN7O5/c43-34-26-29(20-24-46-34)49-42(55)48-28-19-23-45-33(25-28)38(27-13-11-14-27)47-22-10-8-6-4-2-1-3-5-7-9-21-44-32-16-12-15-30-36(32)40(53)37(39(30)52)31-17-18-35(51)50-41(31)54/h12,15-16,19-20,23-26,31,37,44,47H,1-11,13-14,17-18,21-22H2,(H,50,51,54)(H2,45,46,48,49,55). The van der Waals surface area contributed by atoms with Crippen molar-refractivity contribution < 1.29 is 24.0 Å². The molecule has 3 heterocycles. The van der Waals surface area contributed by atoms with Gasteiger partial charge in [0.25, 0.3) is 0 Å². The first kappa shape index (κ1) is 39.6. The van der Waals surface area contributed by atoms with E-state index in [9.17, 15) is 24.0 Å². The number of unbranched alkanes of at least 4 members (excludes halogenated alkanes) is 9. The Bertz CT molecular complexity index is 1930. The molecule has 2 aliphatic carbocycles. The van der Waals surface area contributed by atoms with Gasteiger partial charge in [-0.3, -0.25) is 29.5 Å². The number of nitrogens with zero attached hydrogens (tertiary/aromatic N) is 2. The molecule has 1 aliphatic heterocycles. The fraction of sp³-hybridized carbons (Fsp3) is 0.452. The first-order valence-electron chi connectivity index (χ1n) is 19.7. The quantitative estimate of drug-likeness (QED) is 0.0348. The zero-order valence-corrected chi connectivity index (χ0v) is 31.9. The van der Waals surface area contributed by atoms with E-state index in [-0.39, 0.29) is 36.3 Å². The molecule has 0 bridgehead atoms. The van der Waals surface area contributed by atoms with Crippen molar-refractivity contribution in [1.29, 1.82) is 0 Å². The van der Waals surface area contributed by atoms with Gasteiger partial charge in [-0.05, 0) is 74.4 Å². The van der Waals surface area contributed by atoms with Crippen LogP contribution in [0.4, 0.5) is 21.9 Å². The van der Waals surface area contributed by atoms with E-state index in [0.29, 0.717) is 39.9 Å². The molecule has 13 heteroatoms. The second-order valence-corrected chi connectivity index (χ2v) is 15.0. The van der Waals surface area contributed by atoms with Crippen LogP contribution in [0.1, 0.15) is 123 Å². The van der Waals surface area contributed by atoms with Gasteiger partial charge in [-0.15, -0.1) is 0 Å². The lowest BCUT2D eigenvalue weighted by Gasteiger charge is -2.24. The van der Waals surface area contributed by atoms with Gasteiger partial charge in [0.05, 0.1) is 28.8 Å². The van der Waals surface area contributed by atoms with Crippen molar-refractivity contribution in [3.05, 3.63) is 82.4 Å². The fourth-order valence-corrected chi connectivity index (χ4v) is 7.70. The van der Waals surface area contributed by atoms with Gasteiger partial charge in [-0.25, -0.2) is 9.78 Å². The van der Waals surface area contributed by atoms with Gasteiger partial charge in [0.2, 0.25) is 11.8 Å². The van der Waals surface area contributed by atoms with Gasteiger partial charge in [-0.1, -0.05) is 75.1 Å². The van der Waals surface area contributed by atoms with E-state index in [0.717, 1.165) is 56.5 Å². The number of allylic oxidation sites excluding steroid dienone is 1. The summed E-state index contributed by atoms with van der Waals surface area (Å²) in [5, 5.41) is 15.2. The van der Waals surface area contributed by atoms with Gasteiger partial charge < -0.3 is 21.3 Å². The van der Waals surface area contributed by atoms with E-state index in [1.54, 1.807) is 36.5 Å². The Morgan fingerprint density at radius 3 is 2.07 bits per heavy atom. The molecule has 6 rings (SSSR count). The van der Waals surface area contributed by atoms with Crippen LogP contribution in [0, 0.1) is 11.8 Å². The highest BCUT2D eigenvalue weighted by Crippen LogP contribution is 2.38. The first-order chi connectivity index (χ1) is 26.8. The van der Waals surface area contributed by atoms with Gasteiger partial charge in [0.15, 0.2) is 11.6 Å². The number of piperidine rings is 1. The average molecular weight is 768 g/mol. The number of pyridine rings is 2. The van der Waals surface area contributed by atoms with E-state index < -0.39 is 17.7 Å². The lowest BCUT2D eigenvalue weighted by atomic mass is 9.82. The third-order valence-electron chi connectivity index (χ3n) is 10.6. The van der Waals surface area contributed by atoms with Crippen molar-refractivity contribution >= 4 is 63.8 Å². The van der Waals surface area contributed by atoms with Crippen LogP contribution in [-0.2, 0) is 9.59 Å². The number of halogens is 1. The number of ketones is 2. The minimum Gasteiger partial charge on any atom is -0.384 e. The molecule has 4 amide bonds. The molecule has 2 atom stereocenters. The molecule has 290 valence electrons. The number of nitrogens with one attached hydrogen (secondary N) is 5. The van der Waals surface area contributed by atoms with E-state index in [1.165, 1.54) is 56.7 Å². The van der Waals surface area contributed by atoms with Crippen LogP contribution in [0.2, 0.25) is 5.15 Å². The van der Waals surface area contributed by atoms with Gasteiger partial charge in [-0.2, -0.15) is 0 Å². The van der Waals surface area contributed by atoms with Crippen LogP contribution in [-0.4, -0.2) is 52.5 Å². The molecule has 3 aliphatic rings. The van der Waals surface area contributed by atoms with Gasteiger partial charge in [0, 0.05) is 54.5 Å². The Morgan fingerprint density at radius 2 is 1.42 bits per heavy atom. The molecule has 0 radical (unpaired) electrons. The Kier molecular flexibility index (Phi) is 14.0. The van der Waals surface area contributed by atoms with Crippen LogP contribution in [0.5, 0.6) is 0 Å². The van der Waals surface area contributed by atoms with Crippen molar-refractivity contribution in [2.75, 3.05) is 29.0 Å². The molecule has 1 aromatic carbocycles. The Labute approximate surface area is 327 Å². The van der Waals surface area contributed by atoms with Crippen molar-refractivity contribution in [3.63, 3.8) is 0 Å². The highest BCUT2D eigenvalue weighted by atomic mass is 35.5. The van der Waals surface area contributed by atoms with Crippen LogP contribution in [0.15, 0.2) is 60.4 Å². The molecule has 55 heavy (non-hydrogen) atoms. The number of urea groups is 1. The summed E-state index contributed by atoms with van der Waals surface area (Å²) < 4.78 is 0. The number of imide groups is 1. The topological polar surface area (TPSA) is 171 Å². The van der Waals surface area contributed by atoms with Crippen molar-refractivity contribution in [2.45, 2.75) is 96.3 Å². The lowest BCUT2D eigenvalue weighted by Crippen LogP contribution is -2.46. The number of hydrogen-bond donors (Lipinski definition) is 5. The zero-order chi connectivity index (χ0) is 38.6. The minimum absolute atomic E-state index is 0.137. The number of carbonyl (C=O) groups is 5. The molecule has 1 saturated heterocycles. The molecule has 2 unspecified atom stereocenters. The number of aromatic nitrogens is 2. The second-order valence-electron chi connectivity index (χ2n) is 14.6. The fourth-order valence-electron chi connectivity index (χ4n) is 7.53. The number of carbonyl (C=O) groups excluding carboxylic acids is 5. The molecule has 3 aromatic rings. The number of Topliss-reactive ketones (excluding diaryl/α,β-unsaturated/α-hetero) is 2. The number of amides is 4. The predicted octanol–water partition coefficient (Wildman–Crippen LogP) is 8.32. The maximum atomic E-state index is 13.3. The average Bonchev–Trinajstić information content (AvgIpc) is 3.39. The maximum absolute atomic E-state index is 13.3. The Balaban J connectivity index is 0.822. The first-order valence-corrected chi connectivity index (χ1v) is 20.1. The Hall–Kier alpha value is -5.10. The SMILES string of the molecule is O=C1CCC(C2C(=O)c3cccc(NCCCCCCCCCCCCNC(=C4CCC4)c4cc(NC(=O)Nc5ccnc(Cl)c5)ccn4)c3C2=O)C(=O)N1. The monoisotopic (exact) mass is 767 g/mol. The summed E-state index contributed by atoms with van der Waals surface area (Å²) in [5.74, 6) is -3.40. The molecular weight excluding hydrogens is 718 g/mol. The summed E-state index contributed by atoms with van der Waals surface area (Å²) in [6.07, 6.45) is 18.4. The number of hydrogen-bond acceptors (Lipinski definition) is 9. The van der Waals surface area contributed by atoms with Crippen molar-refractivity contribution in [3.8, 4) is 0 Å². The largest absolute Gasteiger partial charge is 0.384 e. The van der Waals surface area contributed by atoms with Crippen molar-refractivity contribution in [1.82, 2.24) is 20.6 Å². The second kappa shape index (κ2) is 19.5. The molecule has 5 N–H and O–H groups in total. The van der Waals surface area contributed by atoms with Crippen LogP contribution in [0.25, 0.3) is 5.70 Å². The Morgan fingerprint density at radius 1 is 0.764 bits per heavy atom. The predicted molar refractivity (Wildman–Crippen MR) is 214 cm³/mol. The summed E-state index contributed by atoms with van der Waals surface area (Å²) in [6, 6.07) is 11.8. The highest BCUT2D eigenvalue weighted by molar-refractivity contribution is 6.30. The van der Waals surface area contributed by atoms with Crippen LogP contribution >= 0.6 is 11.6 Å². The number of benzene rings is 1. The van der Waals surface area contributed by atoms with E-state index in [4.69, 9.17) is 11.6 Å². The molecule has 0 spiro atoms. The summed E-state index contributed by atoms with van der Waals surface area (Å²) in [4.78, 5) is 71.6. The maximum Gasteiger partial charge on any atom is 0.323 e. The van der Waals surface area contributed by atoms with E-state index in [2.05, 4.69) is 36.6 Å². The molecule has 12 nitrogen and oxygen atoms in total. The molecule has 1 saturated carbocycles. The van der Waals surface area contributed by atoms with E-state index >= 15 is 0 Å². The smallest absolute Gasteiger partial charge is 0.323 e. The third kappa shape index (κ3) is 10.6. The van der Waals surface area contributed by atoms with Crippen LogP contribution < -0.4 is 26.6 Å². The molecular formula is C42H50ClN7O5. The number of fused-ring (bicyclic) bond motifs is 1. The zero-order valence-electron chi connectivity index (χ0n) is 31.2.